The molecule has 0 radical (unpaired) electrons. The maximum absolute atomic E-state index is 12.6. The van der Waals surface area contributed by atoms with Gasteiger partial charge >= 0.3 is 0 Å². The van der Waals surface area contributed by atoms with Crippen molar-refractivity contribution in [2.45, 2.75) is 46.5 Å². The zero-order chi connectivity index (χ0) is 15.9. The van der Waals surface area contributed by atoms with Crippen LogP contribution < -0.4 is 4.90 Å². The molecular weight excluding hydrogens is 276 g/mol. The summed E-state index contributed by atoms with van der Waals surface area (Å²) in [6.07, 6.45) is 5.82. The fourth-order valence-corrected chi connectivity index (χ4v) is 2.89. The van der Waals surface area contributed by atoms with Crippen LogP contribution >= 0.6 is 0 Å². The second kappa shape index (κ2) is 8.11. The predicted molar refractivity (Wildman–Crippen MR) is 89.1 cm³/mol. The molecule has 0 saturated carbocycles. The first-order valence-corrected chi connectivity index (χ1v) is 8.52. The summed E-state index contributed by atoms with van der Waals surface area (Å²) < 4.78 is 0. The van der Waals surface area contributed by atoms with E-state index in [0.717, 1.165) is 63.6 Å². The number of carbonyl (C=O) groups is 1. The first kappa shape index (κ1) is 16.7. The van der Waals surface area contributed by atoms with E-state index in [0.29, 0.717) is 5.69 Å². The average molecular weight is 304 g/mol. The number of aromatic nitrogens is 2. The van der Waals surface area contributed by atoms with Crippen LogP contribution in [0.2, 0.25) is 0 Å². The van der Waals surface area contributed by atoms with E-state index in [2.05, 4.69) is 35.6 Å². The lowest BCUT2D eigenvalue weighted by Gasteiger charge is -2.30. The Morgan fingerprint density at radius 1 is 1.23 bits per heavy atom. The van der Waals surface area contributed by atoms with E-state index in [9.17, 15) is 4.79 Å². The van der Waals surface area contributed by atoms with Gasteiger partial charge in [0.1, 0.15) is 17.8 Å². The van der Waals surface area contributed by atoms with Crippen LogP contribution in [0, 0.1) is 5.92 Å². The zero-order valence-electron chi connectivity index (χ0n) is 14.1. The molecule has 0 unspecified atom stereocenters. The summed E-state index contributed by atoms with van der Waals surface area (Å²) in [5, 5.41) is 0. The lowest BCUT2D eigenvalue weighted by molar-refractivity contribution is 0.0691. The van der Waals surface area contributed by atoms with Crippen LogP contribution in [0.4, 0.5) is 5.82 Å². The van der Waals surface area contributed by atoms with Crippen LogP contribution in [-0.4, -0.2) is 47.0 Å². The van der Waals surface area contributed by atoms with Gasteiger partial charge in [-0.2, -0.15) is 0 Å². The molecule has 0 spiro atoms. The van der Waals surface area contributed by atoms with Crippen LogP contribution in [-0.2, 0) is 0 Å². The molecule has 0 N–H and O–H groups in total. The summed E-state index contributed by atoms with van der Waals surface area (Å²) in [5.41, 5.74) is 0.525. The van der Waals surface area contributed by atoms with Crippen molar-refractivity contribution in [1.82, 2.24) is 14.9 Å². The van der Waals surface area contributed by atoms with E-state index in [-0.39, 0.29) is 5.91 Å². The Hall–Kier alpha value is -1.65. The van der Waals surface area contributed by atoms with Crippen molar-refractivity contribution in [2.75, 3.05) is 31.1 Å². The van der Waals surface area contributed by atoms with E-state index in [1.54, 1.807) is 0 Å². The quantitative estimate of drug-likeness (QED) is 0.810. The third-order valence-electron chi connectivity index (χ3n) is 4.25. The van der Waals surface area contributed by atoms with Gasteiger partial charge < -0.3 is 9.80 Å². The fourth-order valence-electron chi connectivity index (χ4n) is 2.89. The van der Waals surface area contributed by atoms with Gasteiger partial charge in [-0.05, 0) is 31.6 Å². The minimum absolute atomic E-state index is 0.0449. The Kier molecular flexibility index (Phi) is 6.16. The Balaban J connectivity index is 2.11. The highest BCUT2D eigenvalue weighted by Crippen LogP contribution is 2.19. The van der Waals surface area contributed by atoms with Gasteiger partial charge in [0.25, 0.3) is 5.91 Å². The third-order valence-corrected chi connectivity index (χ3v) is 4.25. The monoisotopic (exact) mass is 304 g/mol. The predicted octanol–water partition coefficient (Wildman–Crippen LogP) is 2.98. The molecule has 1 fully saturated rings. The standard InChI is InChI=1S/C17H28N4O/c1-4-8-20(9-5-2)16-12-15(18-13-19-16)17(22)21-10-6-14(3)7-11-21/h12-14H,4-11H2,1-3H3. The number of nitrogens with zero attached hydrogens (tertiary/aromatic N) is 4. The van der Waals surface area contributed by atoms with E-state index in [1.165, 1.54) is 6.33 Å². The highest BCUT2D eigenvalue weighted by Gasteiger charge is 2.23. The molecule has 1 aliphatic heterocycles. The molecule has 0 atom stereocenters. The molecule has 5 heteroatoms. The number of likely N-dealkylation sites (tertiary alicyclic amines) is 1. The normalized spacial score (nSPS) is 15.9. The molecule has 2 heterocycles. The Bertz CT molecular complexity index is 477. The van der Waals surface area contributed by atoms with Crippen molar-refractivity contribution in [3.63, 3.8) is 0 Å². The fraction of sp³-hybridized carbons (Fsp3) is 0.706. The van der Waals surface area contributed by atoms with E-state index in [4.69, 9.17) is 0 Å². The largest absolute Gasteiger partial charge is 0.357 e. The number of hydrogen-bond donors (Lipinski definition) is 0. The zero-order valence-corrected chi connectivity index (χ0v) is 14.1. The lowest BCUT2D eigenvalue weighted by Crippen LogP contribution is -2.38. The van der Waals surface area contributed by atoms with Gasteiger partial charge in [0, 0.05) is 32.2 Å². The summed E-state index contributed by atoms with van der Waals surface area (Å²) in [6, 6.07) is 1.85. The summed E-state index contributed by atoms with van der Waals surface area (Å²) in [5.74, 6) is 1.63. The van der Waals surface area contributed by atoms with Crippen molar-refractivity contribution < 1.29 is 4.79 Å². The molecule has 2 rings (SSSR count). The minimum Gasteiger partial charge on any atom is -0.357 e. The molecule has 1 aliphatic rings. The summed E-state index contributed by atoms with van der Waals surface area (Å²) >= 11 is 0. The minimum atomic E-state index is 0.0449. The number of hydrogen-bond acceptors (Lipinski definition) is 4. The van der Waals surface area contributed by atoms with Crippen LogP contribution in [0.25, 0.3) is 0 Å². The van der Waals surface area contributed by atoms with Gasteiger partial charge in [0.05, 0.1) is 0 Å². The van der Waals surface area contributed by atoms with Gasteiger partial charge in [0.15, 0.2) is 0 Å². The lowest BCUT2D eigenvalue weighted by atomic mass is 9.99. The first-order valence-electron chi connectivity index (χ1n) is 8.52. The highest BCUT2D eigenvalue weighted by atomic mass is 16.2. The van der Waals surface area contributed by atoms with Crippen molar-refractivity contribution in [3.8, 4) is 0 Å². The topological polar surface area (TPSA) is 49.3 Å². The number of amides is 1. The van der Waals surface area contributed by atoms with Crippen LogP contribution in [0.1, 0.15) is 56.9 Å². The second-order valence-electron chi connectivity index (χ2n) is 6.22. The molecule has 0 bridgehead atoms. The van der Waals surface area contributed by atoms with Gasteiger partial charge in [-0.1, -0.05) is 20.8 Å². The van der Waals surface area contributed by atoms with Gasteiger partial charge in [-0.25, -0.2) is 9.97 Å². The molecule has 1 saturated heterocycles. The van der Waals surface area contributed by atoms with Crippen molar-refractivity contribution in [2.24, 2.45) is 5.92 Å². The third kappa shape index (κ3) is 4.18. The van der Waals surface area contributed by atoms with E-state index >= 15 is 0 Å². The van der Waals surface area contributed by atoms with Gasteiger partial charge in [0.2, 0.25) is 0 Å². The maximum Gasteiger partial charge on any atom is 0.272 e. The molecule has 1 aromatic heterocycles. The van der Waals surface area contributed by atoms with Crippen molar-refractivity contribution in [3.05, 3.63) is 18.1 Å². The van der Waals surface area contributed by atoms with Gasteiger partial charge in [-0.3, -0.25) is 4.79 Å². The molecule has 1 aromatic rings. The smallest absolute Gasteiger partial charge is 0.272 e. The molecular formula is C17H28N4O. The Morgan fingerprint density at radius 3 is 2.45 bits per heavy atom. The molecule has 22 heavy (non-hydrogen) atoms. The summed E-state index contributed by atoms with van der Waals surface area (Å²) in [7, 11) is 0. The van der Waals surface area contributed by atoms with Crippen molar-refractivity contribution >= 4 is 11.7 Å². The Labute approximate surface area is 133 Å². The van der Waals surface area contributed by atoms with Crippen LogP contribution in [0.5, 0.6) is 0 Å². The number of rotatable bonds is 6. The van der Waals surface area contributed by atoms with Gasteiger partial charge in [-0.15, -0.1) is 0 Å². The SMILES string of the molecule is CCCN(CCC)c1cc(C(=O)N2CCC(C)CC2)ncn1. The highest BCUT2D eigenvalue weighted by molar-refractivity contribution is 5.93. The van der Waals surface area contributed by atoms with Crippen LogP contribution in [0.15, 0.2) is 12.4 Å². The molecule has 5 nitrogen and oxygen atoms in total. The Morgan fingerprint density at radius 2 is 1.86 bits per heavy atom. The van der Waals surface area contributed by atoms with Crippen LogP contribution in [0.3, 0.4) is 0 Å². The first-order chi connectivity index (χ1) is 10.7. The molecule has 0 aliphatic carbocycles. The molecule has 0 aromatic carbocycles. The number of anilines is 1. The molecule has 1 amide bonds. The molecule has 122 valence electrons. The number of carbonyl (C=O) groups excluding carboxylic acids is 1. The second-order valence-corrected chi connectivity index (χ2v) is 6.22. The summed E-state index contributed by atoms with van der Waals surface area (Å²) in [6.45, 7) is 10.2. The number of piperidine rings is 1. The van der Waals surface area contributed by atoms with E-state index < -0.39 is 0 Å². The van der Waals surface area contributed by atoms with Crippen molar-refractivity contribution in [1.29, 1.82) is 0 Å². The average Bonchev–Trinajstić information content (AvgIpc) is 2.55. The maximum atomic E-state index is 12.6. The summed E-state index contributed by atoms with van der Waals surface area (Å²) in [4.78, 5) is 25.3. The van der Waals surface area contributed by atoms with E-state index in [1.807, 2.05) is 11.0 Å².